The maximum atomic E-state index is 12.3. The van der Waals surface area contributed by atoms with E-state index in [2.05, 4.69) is 15.6 Å². The number of amides is 2. The Hall–Kier alpha value is -2.74. The van der Waals surface area contributed by atoms with Gasteiger partial charge in [0, 0.05) is 41.8 Å². The van der Waals surface area contributed by atoms with Crippen molar-refractivity contribution >= 4 is 23.1 Å². The molecule has 2 amide bonds. The fourth-order valence-corrected chi connectivity index (χ4v) is 3.77. The number of rotatable bonds is 8. The fraction of sp³-hybridized carbons (Fsp3) is 0.273. The summed E-state index contributed by atoms with van der Waals surface area (Å²) in [5.41, 5.74) is 2.57. The van der Waals surface area contributed by atoms with Crippen LogP contribution in [-0.2, 0) is 0 Å². The second-order valence-corrected chi connectivity index (χ2v) is 8.02. The van der Waals surface area contributed by atoms with Gasteiger partial charge in [0.15, 0.2) is 0 Å². The molecule has 0 bridgehead atoms. The van der Waals surface area contributed by atoms with Crippen LogP contribution in [0.3, 0.4) is 0 Å². The van der Waals surface area contributed by atoms with E-state index in [-0.39, 0.29) is 11.9 Å². The number of thiazole rings is 1. The van der Waals surface area contributed by atoms with Crippen molar-refractivity contribution in [1.29, 1.82) is 0 Å². The first-order valence-corrected chi connectivity index (χ1v) is 10.3. The fourth-order valence-electron chi connectivity index (χ4n) is 3.13. The summed E-state index contributed by atoms with van der Waals surface area (Å²) >= 11 is 1.57. The first kappa shape index (κ1) is 21.0. The van der Waals surface area contributed by atoms with Gasteiger partial charge in [0.1, 0.15) is 5.01 Å². The second-order valence-electron chi connectivity index (χ2n) is 7.13. The molecule has 0 aliphatic heterocycles. The number of hydrogen-bond acceptors (Lipinski definition) is 5. The summed E-state index contributed by atoms with van der Waals surface area (Å²) in [7, 11) is 3.91. The van der Waals surface area contributed by atoms with Gasteiger partial charge in [-0.05, 0) is 43.9 Å². The lowest BCUT2D eigenvalue weighted by molar-refractivity contribution is 0.0911. The van der Waals surface area contributed by atoms with Crippen LogP contribution in [0.25, 0.3) is 10.6 Å². The molecule has 0 unspecified atom stereocenters. The van der Waals surface area contributed by atoms with Gasteiger partial charge in [-0.2, -0.15) is 0 Å². The Balaban J connectivity index is 1.56. The summed E-state index contributed by atoms with van der Waals surface area (Å²) in [4.78, 5) is 18.6. The SMILES string of the molecule is CN(C)C[C@@H](CNC(=O)Nc1ccc(-c2nccs2)cc1)[C@@H](O)c1ccccc1. The molecule has 0 fully saturated rings. The van der Waals surface area contributed by atoms with E-state index in [9.17, 15) is 9.90 Å². The number of nitrogens with one attached hydrogen (secondary N) is 2. The van der Waals surface area contributed by atoms with Gasteiger partial charge >= 0.3 is 6.03 Å². The Morgan fingerprint density at radius 2 is 1.86 bits per heavy atom. The molecule has 0 aliphatic carbocycles. The molecule has 29 heavy (non-hydrogen) atoms. The van der Waals surface area contributed by atoms with E-state index >= 15 is 0 Å². The van der Waals surface area contributed by atoms with Crippen LogP contribution >= 0.6 is 11.3 Å². The number of aromatic nitrogens is 1. The van der Waals surface area contributed by atoms with Crippen LogP contribution in [0.4, 0.5) is 10.5 Å². The van der Waals surface area contributed by atoms with Crippen LogP contribution in [0.15, 0.2) is 66.2 Å². The van der Waals surface area contributed by atoms with E-state index in [1.807, 2.05) is 79.0 Å². The Morgan fingerprint density at radius 3 is 2.48 bits per heavy atom. The molecular formula is C22H26N4O2S. The number of benzene rings is 2. The smallest absolute Gasteiger partial charge is 0.319 e. The number of nitrogens with zero attached hydrogens (tertiary/aromatic N) is 2. The van der Waals surface area contributed by atoms with Crippen molar-refractivity contribution in [3.05, 3.63) is 71.7 Å². The lowest BCUT2D eigenvalue weighted by atomic mass is 9.95. The lowest BCUT2D eigenvalue weighted by Gasteiger charge is -2.26. The molecule has 0 saturated heterocycles. The van der Waals surface area contributed by atoms with Gasteiger partial charge in [-0.25, -0.2) is 9.78 Å². The van der Waals surface area contributed by atoms with Gasteiger partial charge in [0.05, 0.1) is 6.10 Å². The Kier molecular flexibility index (Phi) is 7.35. The van der Waals surface area contributed by atoms with Crippen molar-refractivity contribution in [2.24, 2.45) is 5.92 Å². The predicted molar refractivity (Wildman–Crippen MR) is 118 cm³/mol. The van der Waals surface area contributed by atoms with Gasteiger partial charge in [-0.15, -0.1) is 11.3 Å². The number of aliphatic hydroxyl groups excluding tert-OH is 1. The zero-order valence-electron chi connectivity index (χ0n) is 16.6. The van der Waals surface area contributed by atoms with E-state index in [0.717, 1.165) is 16.1 Å². The topological polar surface area (TPSA) is 77.5 Å². The number of carbonyl (C=O) groups excluding carboxylic acids is 1. The molecule has 3 N–H and O–H groups in total. The first-order chi connectivity index (χ1) is 14.0. The van der Waals surface area contributed by atoms with Crippen molar-refractivity contribution in [3.63, 3.8) is 0 Å². The van der Waals surface area contributed by atoms with E-state index in [4.69, 9.17) is 0 Å². The minimum atomic E-state index is -0.656. The molecule has 1 aromatic heterocycles. The molecular weight excluding hydrogens is 384 g/mol. The average Bonchev–Trinajstić information content (AvgIpc) is 3.26. The average molecular weight is 411 g/mol. The zero-order valence-corrected chi connectivity index (χ0v) is 17.4. The first-order valence-electron chi connectivity index (χ1n) is 9.45. The van der Waals surface area contributed by atoms with Crippen molar-refractivity contribution in [1.82, 2.24) is 15.2 Å². The summed E-state index contributed by atoms with van der Waals surface area (Å²) in [6.07, 6.45) is 1.12. The van der Waals surface area contributed by atoms with E-state index in [1.165, 1.54) is 0 Å². The molecule has 6 nitrogen and oxygen atoms in total. The third kappa shape index (κ3) is 6.12. The Labute approximate surface area is 175 Å². The summed E-state index contributed by atoms with van der Waals surface area (Å²) < 4.78 is 0. The van der Waals surface area contributed by atoms with Crippen LogP contribution in [0.1, 0.15) is 11.7 Å². The van der Waals surface area contributed by atoms with Crippen LogP contribution in [-0.4, -0.2) is 48.2 Å². The van der Waals surface area contributed by atoms with Gasteiger partial charge in [-0.1, -0.05) is 30.3 Å². The third-order valence-electron chi connectivity index (χ3n) is 4.53. The highest BCUT2D eigenvalue weighted by Crippen LogP contribution is 2.24. The molecule has 3 rings (SSSR count). The molecule has 0 spiro atoms. The Morgan fingerprint density at radius 1 is 1.14 bits per heavy atom. The standard InChI is InChI=1S/C22H26N4O2S/c1-26(2)15-18(20(27)16-6-4-3-5-7-16)14-24-22(28)25-19-10-8-17(9-11-19)21-23-12-13-29-21/h3-13,18,20,27H,14-15H2,1-2H3,(H2,24,25,28)/t18-,20+/m1/s1. The lowest BCUT2D eigenvalue weighted by Crippen LogP contribution is -2.39. The van der Waals surface area contributed by atoms with E-state index in [0.29, 0.717) is 18.8 Å². The quantitative estimate of drug-likeness (QED) is 0.527. The van der Waals surface area contributed by atoms with Gasteiger partial charge < -0.3 is 20.6 Å². The van der Waals surface area contributed by atoms with Crippen LogP contribution in [0, 0.1) is 5.92 Å². The molecule has 0 radical (unpaired) electrons. The Bertz CT molecular complexity index is 883. The van der Waals surface area contributed by atoms with Crippen molar-refractivity contribution in [2.45, 2.75) is 6.10 Å². The second kappa shape index (κ2) is 10.2. The molecule has 2 aromatic carbocycles. The molecule has 7 heteroatoms. The van der Waals surface area contributed by atoms with Crippen LogP contribution in [0.2, 0.25) is 0 Å². The van der Waals surface area contributed by atoms with Gasteiger partial charge in [-0.3, -0.25) is 0 Å². The molecule has 2 atom stereocenters. The minimum absolute atomic E-state index is 0.134. The molecule has 1 heterocycles. The largest absolute Gasteiger partial charge is 0.388 e. The van der Waals surface area contributed by atoms with Crippen molar-refractivity contribution < 1.29 is 9.90 Å². The number of hydrogen-bond donors (Lipinski definition) is 3. The van der Waals surface area contributed by atoms with E-state index in [1.54, 1.807) is 17.5 Å². The highest BCUT2D eigenvalue weighted by molar-refractivity contribution is 7.13. The number of aliphatic hydroxyl groups is 1. The van der Waals surface area contributed by atoms with E-state index < -0.39 is 6.10 Å². The van der Waals surface area contributed by atoms with Crippen molar-refractivity contribution in [2.75, 3.05) is 32.5 Å². The number of anilines is 1. The van der Waals surface area contributed by atoms with Crippen LogP contribution < -0.4 is 10.6 Å². The third-order valence-corrected chi connectivity index (χ3v) is 5.36. The molecule has 0 aliphatic rings. The normalized spacial score (nSPS) is 13.1. The monoisotopic (exact) mass is 410 g/mol. The van der Waals surface area contributed by atoms with Crippen LogP contribution in [0.5, 0.6) is 0 Å². The highest BCUT2D eigenvalue weighted by atomic mass is 32.1. The minimum Gasteiger partial charge on any atom is -0.388 e. The maximum Gasteiger partial charge on any atom is 0.319 e. The summed E-state index contributed by atoms with van der Waals surface area (Å²) in [5, 5.41) is 19.4. The zero-order chi connectivity index (χ0) is 20.6. The maximum absolute atomic E-state index is 12.3. The van der Waals surface area contributed by atoms with Crippen molar-refractivity contribution in [3.8, 4) is 10.6 Å². The molecule has 0 saturated carbocycles. The summed E-state index contributed by atoms with van der Waals surface area (Å²) in [5.74, 6) is -0.134. The van der Waals surface area contributed by atoms with Gasteiger partial charge in [0.2, 0.25) is 0 Å². The number of carbonyl (C=O) groups is 1. The molecule has 152 valence electrons. The molecule has 3 aromatic rings. The highest BCUT2D eigenvalue weighted by Gasteiger charge is 2.22. The predicted octanol–water partition coefficient (Wildman–Crippen LogP) is 3.84. The summed E-state index contributed by atoms with van der Waals surface area (Å²) in [6, 6.07) is 16.8. The number of urea groups is 1. The van der Waals surface area contributed by atoms with Gasteiger partial charge in [0.25, 0.3) is 0 Å². The summed E-state index contributed by atoms with van der Waals surface area (Å²) in [6.45, 7) is 1.01.